The van der Waals surface area contributed by atoms with Gasteiger partial charge in [0.2, 0.25) is 15.9 Å². The van der Waals surface area contributed by atoms with Crippen molar-refractivity contribution in [3.8, 4) is 17.2 Å². The third-order valence-electron chi connectivity index (χ3n) is 7.38. The number of ether oxygens (including phenoxy) is 3. The number of aromatic nitrogens is 2. The van der Waals surface area contributed by atoms with Crippen LogP contribution in [-0.2, 0) is 39.1 Å². The molecule has 4 rings (SSSR count). The van der Waals surface area contributed by atoms with E-state index in [2.05, 4.69) is 15.1 Å². The van der Waals surface area contributed by atoms with Gasteiger partial charge in [0.15, 0.2) is 0 Å². The highest BCUT2D eigenvalue weighted by atomic mass is 35.5. The van der Waals surface area contributed by atoms with E-state index >= 15 is 0 Å². The average molecular weight is 734 g/mol. The summed E-state index contributed by atoms with van der Waals surface area (Å²) in [4.78, 5) is 26.3. The number of carbonyl (C=O) groups excluding carboxylic acids is 2. The first-order valence-corrected chi connectivity index (χ1v) is 17.1. The molecule has 0 fully saturated rings. The van der Waals surface area contributed by atoms with E-state index in [4.69, 9.17) is 25.8 Å². The number of methoxy groups -OCH3 is 2. The molecule has 2 amide bonds. The lowest BCUT2D eigenvalue weighted by Gasteiger charge is -2.34. The Morgan fingerprint density at radius 3 is 2.42 bits per heavy atom. The van der Waals surface area contributed by atoms with Gasteiger partial charge < -0.3 is 19.5 Å². The van der Waals surface area contributed by atoms with Crippen LogP contribution in [0.15, 0.2) is 78.0 Å². The Morgan fingerprint density at radius 2 is 1.76 bits per heavy atom. The van der Waals surface area contributed by atoms with E-state index in [0.29, 0.717) is 33.2 Å². The Labute approximate surface area is 294 Å². The maximum atomic E-state index is 13.9. The molecule has 0 aliphatic carbocycles. The Balaban J connectivity index is 1.62. The predicted octanol–water partition coefficient (Wildman–Crippen LogP) is 6.20. The second-order valence-electron chi connectivity index (χ2n) is 12.0. The fourth-order valence-corrected chi connectivity index (χ4v) is 6.24. The van der Waals surface area contributed by atoms with Gasteiger partial charge in [0.1, 0.15) is 23.0 Å². The van der Waals surface area contributed by atoms with Crippen LogP contribution >= 0.6 is 11.6 Å². The molecule has 268 valence electrons. The van der Waals surface area contributed by atoms with E-state index in [1.807, 2.05) is 0 Å². The van der Waals surface area contributed by atoms with Gasteiger partial charge in [-0.1, -0.05) is 35.9 Å². The number of anilines is 1. The SMILES string of the molecule is COc1ccc(CNS(=O)(=O)c2cc(NC(=O)Cc3ccccc3Cl)ccc2-n2cc(COC(=O)N(CC(F)F)C(C)(C)C)cn2)c(OC)c1. The van der Waals surface area contributed by atoms with Crippen molar-refractivity contribution >= 4 is 39.3 Å². The molecule has 3 aromatic carbocycles. The van der Waals surface area contributed by atoms with Crippen LogP contribution in [0.4, 0.5) is 19.3 Å². The molecule has 4 aromatic rings. The minimum atomic E-state index is -4.29. The molecule has 0 aliphatic heterocycles. The highest BCUT2D eigenvalue weighted by Gasteiger charge is 2.30. The molecule has 0 bridgehead atoms. The summed E-state index contributed by atoms with van der Waals surface area (Å²) in [5.41, 5.74) is 0.859. The molecule has 16 heteroatoms. The second kappa shape index (κ2) is 16.3. The normalized spacial score (nSPS) is 11.7. The molecule has 0 aliphatic rings. The van der Waals surface area contributed by atoms with Gasteiger partial charge in [0.05, 0.1) is 39.1 Å². The molecule has 1 aromatic heterocycles. The summed E-state index contributed by atoms with van der Waals surface area (Å²) < 4.78 is 73.8. The van der Waals surface area contributed by atoms with E-state index in [9.17, 15) is 26.8 Å². The van der Waals surface area contributed by atoms with E-state index in [1.165, 1.54) is 49.5 Å². The van der Waals surface area contributed by atoms with Crippen molar-refractivity contribution in [2.75, 3.05) is 26.1 Å². The molecule has 0 radical (unpaired) electrons. The van der Waals surface area contributed by atoms with Crippen LogP contribution in [0.2, 0.25) is 5.02 Å². The first-order chi connectivity index (χ1) is 23.6. The third-order valence-corrected chi connectivity index (χ3v) is 9.18. The predicted molar refractivity (Wildman–Crippen MR) is 184 cm³/mol. The van der Waals surface area contributed by atoms with Crippen molar-refractivity contribution < 1.29 is 41.0 Å². The van der Waals surface area contributed by atoms with Crippen molar-refractivity contribution in [2.45, 2.75) is 57.2 Å². The number of carbonyl (C=O) groups is 2. The fourth-order valence-electron chi connectivity index (χ4n) is 4.81. The number of sulfonamides is 1. The summed E-state index contributed by atoms with van der Waals surface area (Å²) in [6, 6.07) is 16.1. The van der Waals surface area contributed by atoms with Gasteiger partial charge >= 0.3 is 6.09 Å². The molecule has 0 saturated carbocycles. The van der Waals surface area contributed by atoms with Gasteiger partial charge in [0, 0.05) is 46.2 Å². The number of nitrogens with one attached hydrogen (secondary N) is 2. The zero-order chi connectivity index (χ0) is 36.6. The third kappa shape index (κ3) is 9.92. The standard InChI is InChI=1S/C34H38ClF2N5O7S/c1-34(2,3)41(20-31(36)37)33(44)49-21-22-17-38-42(19-22)28-13-11-25(40-32(43)14-23-8-6-7-9-27(23)35)15-30(28)50(45,46)39-18-24-10-12-26(47-4)16-29(24)48-5/h6-13,15-17,19,31,39H,14,18,20-21H2,1-5H3,(H,40,43). The van der Waals surface area contributed by atoms with Crippen molar-refractivity contribution in [2.24, 2.45) is 0 Å². The Kier molecular flexibility index (Phi) is 12.4. The number of rotatable bonds is 14. The number of halogens is 3. The first-order valence-electron chi connectivity index (χ1n) is 15.3. The molecule has 0 spiro atoms. The quantitative estimate of drug-likeness (QED) is 0.156. The van der Waals surface area contributed by atoms with E-state index in [1.54, 1.807) is 63.2 Å². The summed E-state index contributed by atoms with van der Waals surface area (Å²) in [5.74, 6) is 0.499. The van der Waals surface area contributed by atoms with Crippen molar-refractivity contribution in [1.29, 1.82) is 0 Å². The summed E-state index contributed by atoms with van der Waals surface area (Å²) in [5, 5.41) is 7.40. The van der Waals surface area contributed by atoms with Crippen LogP contribution in [0, 0.1) is 0 Å². The van der Waals surface area contributed by atoms with Gasteiger partial charge in [-0.05, 0) is 56.7 Å². The van der Waals surface area contributed by atoms with Gasteiger partial charge in [-0.15, -0.1) is 0 Å². The van der Waals surface area contributed by atoms with E-state index in [0.717, 1.165) is 4.90 Å². The number of alkyl halides is 2. The van der Waals surface area contributed by atoms with Crippen LogP contribution in [0.3, 0.4) is 0 Å². The smallest absolute Gasteiger partial charge is 0.410 e. The lowest BCUT2D eigenvalue weighted by Crippen LogP contribution is -2.48. The monoisotopic (exact) mass is 733 g/mol. The van der Waals surface area contributed by atoms with Crippen LogP contribution in [-0.4, -0.2) is 67.8 Å². The molecular weight excluding hydrogens is 696 g/mol. The zero-order valence-electron chi connectivity index (χ0n) is 28.1. The first kappa shape index (κ1) is 38.1. The molecule has 12 nitrogen and oxygen atoms in total. The lowest BCUT2D eigenvalue weighted by atomic mass is 10.1. The van der Waals surface area contributed by atoms with Crippen molar-refractivity contribution in [3.63, 3.8) is 0 Å². The molecule has 50 heavy (non-hydrogen) atoms. The van der Waals surface area contributed by atoms with Crippen molar-refractivity contribution in [3.05, 3.63) is 94.8 Å². The van der Waals surface area contributed by atoms with Crippen LogP contribution in [0.25, 0.3) is 5.69 Å². The summed E-state index contributed by atoms with van der Waals surface area (Å²) >= 11 is 6.21. The molecule has 2 N–H and O–H groups in total. The van der Waals surface area contributed by atoms with Crippen molar-refractivity contribution in [1.82, 2.24) is 19.4 Å². The molecule has 1 heterocycles. The van der Waals surface area contributed by atoms with Gasteiger partial charge in [0.25, 0.3) is 6.43 Å². The maximum Gasteiger partial charge on any atom is 0.410 e. The van der Waals surface area contributed by atoms with Crippen LogP contribution < -0.4 is 19.5 Å². The number of amides is 2. The van der Waals surface area contributed by atoms with Crippen LogP contribution in [0.1, 0.15) is 37.5 Å². The molecule has 0 atom stereocenters. The molecular formula is C34H38ClF2N5O7S. The summed E-state index contributed by atoms with van der Waals surface area (Å²) in [6.45, 7) is 3.55. The Hall–Kier alpha value is -4.73. The Bertz CT molecular complexity index is 1930. The summed E-state index contributed by atoms with van der Waals surface area (Å²) in [7, 11) is -1.34. The number of hydrogen-bond acceptors (Lipinski definition) is 8. The highest BCUT2D eigenvalue weighted by molar-refractivity contribution is 7.89. The maximum absolute atomic E-state index is 13.9. The fraction of sp³-hybridized carbons (Fsp3) is 0.324. The van der Waals surface area contributed by atoms with Crippen LogP contribution in [0.5, 0.6) is 11.5 Å². The number of benzene rings is 3. The second-order valence-corrected chi connectivity index (χ2v) is 14.2. The number of hydrogen-bond donors (Lipinski definition) is 2. The largest absolute Gasteiger partial charge is 0.497 e. The zero-order valence-corrected chi connectivity index (χ0v) is 29.6. The number of nitrogens with zero attached hydrogens (tertiary/aromatic N) is 3. The van der Waals surface area contributed by atoms with Gasteiger partial charge in [-0.3, -0.25) is 9.69 Å². The summed E-state index contributed by atoms with van der Waals surface area (Å²) in [6.07, 6.45) is -0.951. The minimum absolute atomic E-state index is 0.0514. The lowest BCUT2D eigenvalue weighted by molar-refractivity contribution is -0.115. The topological polar surface area (TPSA) is 141 Å². The van der Waals surface area contributed by atoms with E-state index in [-0.39, 0.29) is 35.8 Å². The Morgan fingerprint density at radius 1 is 1.02 bits per heavy atom. The minimum Gasteiger partial charge on any atom is -0.497 e. The van der Waals surface area contributed by atoms with E-state index < -0.39 is 40.5 Å². The highest BCUT2D eigenvalue weighted by Crippen LogP contribution is 2.28. The average Bonchev–Trinajstić information content (AvgIpc) is 3.54. The van der Waals surface area contributed by atoms with Gasteiger partial charge in [-0.25, -0.2) is 31.4 Å². The van der Waals surface area contributed by atoms with Gasteiger partial charge in [-0.2, -0.15) is 5.10 Å². The molecule has 0 saturated heterocycles. The molecule has 0 unspecified atom stereocenters.